The molecule has 0 aliphatic heterocycles. The van der Waals surface area contributed by atoms with Crippen LogP contribution in [0.25, 0.3) is 6.08 Å². The molecule has 0 amide bonds. The maximum Gasteiger partial charge on any atom is 0.417 e. The van der Waals surface area contributed by atoms with Gasteiger partial charge in [0.1, 0.15) is 5.69 Å². The summed E-state index contributed by atoms with van der Waals surface area (Å²) in [5, 5.41) is 4.28. The van der Waals surface area contributed by atoms with Gasteiger partial charge < -0.3 is 0 Å². The molecule has 0 N–H and O–H groups in total. The standard InChI is InChI=1S/C14H10ClF3N2O/c1-20-8-11(15)12(19-20)6-7-13(21)9-4-2-3-5-10(9)14(16,17)18/h2-8H,1H3. The zero-order valence-electron chi connectivity index (χ0n) is 10.9. The monoisotopic (exact) mass is 314 g/mol. The molecular formula is C14H10ClF3N2O. The number of allylic oxidation sites excluding steroid dienone is 1. The van der Waals surface area contributed by atoms with E-state index >= 15 is 0 Å². The molecule has 0 saturated carbocycles. The quantitative estimate of drug-likeness (QED) is 0.634. The second kappa shape index (κ2) is 5.73. The van der Waals surface area contributed by atoms with Gasteiger partial charge in [-0.05, 0) is 18.2 Å². The maximum atomic E-state index is 12.8. The lowest BCUT2D eigenvalue weighted by atomic mass is 10.0. The normalized spacial score (nSPS) is 12.0. The molecule has 1 heterocycles. The molecule has 0 saturated heterocycles. The summed E-state index contributed by atoms with van der Waals surface area (Å²) in [5.74, 6) is -0.760. The van der Waals surface area contributed by atoms with E-state index in [1.54, 1.807) is 7.05 Å². The average molecular weight is 315 g/mol. The van der Waals surface area contributed by atoms with Gasteiger partial charge in [-0.1, -0.05) is 29.8 Å². The number of hydrogen-bond donors (Lipinski definition) is 0. The van der Waals surface area contributed by atoms with Crippen LogP contribution in [0.1, 0.15) is 21.6 Å². The fraction of sp³-hybridized carbons (Fsp3) is 0.143. The number of aromatic nitrogens is 2. The largest absolute Gasteiger partial charge is 0.417 e. The summed E-state index contributed by atoms with van der Waals surface area (Å²) >= 11 is 5.85. The molecule has 7 heteroatoms. The van der Waals surface area contributed by atoms with Crippen LogP contribution in [0.2, 0.25) is 5.02 Å². The first-order valence-electron chi connectivity index (χ1n) is 5.87. The summed E-state index contributed by atoms with van der Waals surface area (Å²) in [6, 6.07) is 4.62. The van der Waals surface area contributed by atoms with Crippen LogP contribution in [0, 0.1) is 0 Å². The lowest BCUT2D eigenvalue weighted by molar-refractivity contribution is -0.137. The molecule has 21 heavy (non-hydrogen) atoms. The molecule has 0 aliphatic rings. The van der Waals surface area contributed by atoms with E-state index in [1.165, 1.54) is 29.1 Å². The number of carbonyl (C=O) groups excluding carboxylic acids is 1. The minimum atomic E-state index is -4.58. The minimum Gasteiger partial charge on any atom is -0.289 e. The lowest BCUT2D eigenvalue weighted by Gasteiger charge is -2.10. The molecule has 2 rings (SSSR count). The van der Waals surface area contributed by atoms with Crippen molar-refractivity contribution in [3.8, 4) is 0 Å². The Hall–Kier alpha value is -2.08. The average Bonchev–Trinajstić information content (AvgIpc) is 2.73. The molecule has 0 bridgehead atoms. The SMILES string of the molecule is Cn1cc(Cl)c(C=CC(=O)c2ccccc2C(F)(F)F)n1. The number of halogens is 4. The van der Waals surface area contributed by atoms with Gasteiger partial charge >= 0.3 is 6.18 Å². The van der Waals surface area contributed by atoms with Crippen molar-refractivity contribution >= 4 is 23.5 Å². The number of benzene rings is 1. The van der Waals surface area contributed by atoms with Crippen LogP contribution in [-0.4, -0.2) is 15.6 Å². The van der Waals surface area contributed by atoms with Crippen LogP contribution in [-0.2, 0) is 13.2 Å². The van der Waals surface area contributed by atoms with Crippen molar-refractivity contribution in [3.05, 3.63) is 58.4 Å². The molecule has 0 atom stereocenters. The Labute approximate surface area is 123 Å². The molecular weight excluding hydrogens is 305 g/mol. The highest BCUT2D eigenvalue weighted by atomic mass is 35.5. The first-order valence-corrected chi connectivity index (χ1v) is 6.24. The van der Waals surface area contributed by atoms with Gasteiger partial charge in [-0.15, -0.1) is 0 Å². The highest BCUT2D eigenvalue weighted by Gasteiger charge is 2.34. The van der Waals surface area contributed by atoms with Gasteiger partial charge in [0.05, 0.1) is 10.6 Å². The van der Waals surface area contributed by atoms with Crippen molar-refractivity contribution in [2.45, 2.75) is 6.18 Å². The summed E-state index contributed by atoms with van der Waals surface area (Å²) in [5.41, 5.74) is -1.06. The van der Waals surface area contributed by atoms with Crippen molar-refractivity contribution in [3.63, 3.8) is 0 Å². The third kappa shape index (κ3) is 3.52. The maximum absolute atomic E-state index is 12.8. The third-order valence-corrected chi connectivity index (χ3v) is 2.99. The van der Waals surface area contributed by atoms with Crippen molar-refractivity contribution in [1.29, 1.82) is 0 Å². The highest BCUT2D eigenvalue weighted by molar-refractivity contribution is 6.31. The smallest absolute Gasteiger partial charge is 0.289 e. The zero-order valence-corrected chi connectivity index (χ0v) is 11.6. The van der Waals surface area contributed by atoms with E-state index in [0.29, 0.717) is 10.7 Å². The predicted octanol–water partition coefficient (Wildman–Crippen LogP) is 3.99. The zero-order chi connectivity index (χ0) is 15.6. The van der Waals surface area contributed by atoms with Crippen molar-refractivity contribution in [2.75, 3.05) is 0 Å². The van der Waals surface area contributed by atoms with E-state index in [1.807, 2.05) is 0 Å². The van der Waals surface area contributed by atoms with Gasteiger partial charge in [0, 0.05) is 18.8 Å². The van der Waals surface area contributed by atoms with Crippen molar-refractivity contribution < 1.29 is 18.0 Å². The Morgan fingerprint density at radius 1 is 1.33 bits per heavy atom. The van der Waals surface area contributed by atoms with Crippen LogP contribution < -0.4 is 0 Å². The minimum absolute atomic E-state index is 0.311. The van der Waals surface area contributed by atoms with Crippen LogP contribution in [0.15, 0.2) is 36.5 Å². The fourth-order valence-corrected chi connectivity index (χ4v) is 2.02. The number of alkyl halides is 3. The Balaban J connectivity index is 2.32. The van der Waals surface area contributed by atoms with Crippen LogP contribution in [0.4, 0.5) is 13.2 Å². The topological polar surface area (TPSA) is 34.9 Å². The van der Waals surface area contributed by atoms with E-state index in [0.717, 1.165) is 18.2 Å². The summed E-state index contributed by atoms with van der Waals surface area (Å²) in [6.45, 7) is 0. The number of aryl methyl sites for hydroxylation is 1. The molecule has 1 aromatic heterocycles. The molecule has 1 aromatic carbocycles. The van der Waals surface area contributed by atoms with Crippen molar-refractivity contribution in [1.82, 2.24) is 9.78 Å². The highest BCUT2D eigenvalue weighted by Crippen LogP contribution is 2.32. The Morgan fingerprint density at radius 3 is 2.57 bits per heavy atom. The van der Waals surface area contributed by atoms with E-state index in [9.17, 15) is 18.0 Å². The van der Waals surface area contributed by atoms with Gasteiger partial charge in [-0.3, -0.25) is 9.48 Å². The molecule has 110 valence electrons. The molecule has 0 fully saturated rings. The first kappa shape index (κ1) is 15.3. The molecule has 3 nitrogen and oxygen atoms in total. The van der Waals surface area contributed by atoms with E-state index in [-0.39, 0.29) is 0 Å². The van der Waals surface area contributed by atoms with Gasteiger partial charge in [0.25, 0.3) is 0 Å². The number of rotatable bonds is 3. The number of nitrogens with zero attached hydrogens (tertiary/aromatic N) is 2. The van der Waals surface area contributed by atoms with Crippen LogP contribution in [0.5, 0.6) is 0 Å². The van der Waals surface area contributed by atoms with Gasteiger partial charge in [-0.25, -0.2) is 0 Å². The molecule has 2 aromatic rings. The third-order valence-electron chi connectivity index (χ3n) is 2.70. The Kier molecular flexibility index (Phi) is 4.18. The predicted molar refractivity (Wildman–Crippen MR) is 73.0 cm³/mol. The number of carbonyl (C=O) groups is 1. The molecule has 0 radical (unpaired) electrons. The number of hydrogen-bond acceptors (Lipinski definition) is 2. The van der Waals surface area contributed by atoms with Crippen LogP contribution >= 0.6 is 11.6 Å². The first-order chi connectivity index (χ1) is 9.79. The van der Waals surface area contributed by atoms with Gasteiger partial charge in [-0.2, -0.15) is 18.3 Å². The summed E-state index contributed by atoms with van der Waals surface area (Å²) in [4.78, 5) is 11.9. The Bertz CT molecular complexity index is 704. The molecule has 0 spiro atoms. The lowest BCUT2D eigenvalue weighted by Crippen LogP contribution is -2.11. The number of ketones is 1. The molecule has 0 unspecified atom stereocenters. The van der Waals surface area contributed by atoms with E-state index < -0.39 is 23.1 Å². The van der Waals surface area contributed by atoms with Gasteiger partial charge in [0.2, 0.25) is 0 Å². The fourth-order valence-electron chi connectivity index (χ4n) is 1.78. The second-order valence-corrected chi connectivity index (χ2v) is 4.68. The Morgan fingerprint density at radius 2 is 2.00 bits per heavy atom. The molecule has 0 aliphatic carbocycles. The van der Waals surface area contributed by atoms with E-state index in [4.69, 9.17) is 11.6 Å². The van der Waals surface area contributed by atoms with E-state index in [2.05, 4.69) is 5.10 Å². The summed E-state index contributed by atoms with van der Waals surface area (Å²) < 4.78 is 39.9. The summed E-state index contributed by atoms with van der Waals surface area (Å²) in [7, 11) is 1.64. The second-order valence-electron chi connectivity index (χ2n) is 4.28. The summed E-state index contributed by atoms with van der Waals surface area (Å²) in [6.07, 6.45) is -0.741. The van der Waals surface area contributed by atoms with Crippen LogP contribution in [0.3, 0.4) is 0 Å². The van der Waals surface area contributed by atoms with Gasteiger partial charge in [0.15, 0.2) is 5.78 Å². The van der Waals surface area contributed by atoms with Crippen molar-refractivity contribution in [2.24, 2.45) is 7.05 Å².